The van der Waals surface area contributed by atoms with Gasteiger partial charge in [-0.1, -0.05) is 12.1 Å². The maximum Gasteiger partial charge on any atom is 0.511 e. The van der Waals surface area contributed by atoms with Crippen molar-refractivity contribution in [1.82, 2.24) is 14.9 Å². The van der Waals surface area contributed by atoms with Crippen molar-refractivity contribution in [3.05, 3.63) is 35.4 Å². The lowest BCUT2D eigenvalue weighted by Crippen LogP contribution is -2.51. The van der Waals surface area contributed by atoms with E-state index in [-0.39, 0.29) is 44.5 Å². The Hall–Kier alpha value is -2.02. The average molecular weight is 446 g/mol. The molecule has 13 heteroatoms. The van der Waals surface area contributed by atoms with Crippen LogP contribution in [0.1, 0.15) is 24.0 Å². The molecule has 1 aliphatic rings. The van der Waals surface area contributed by atoms with Crippen LogP contribution < -0.4 is 10.6 Å². The third-order valence-corrected chi connectivity index (χ3v) is 6.00. The van der Waals surface area contributed by atoms with Crippen LogP contribution in [0.4, 0.5) is 26.3 Å². The topological polar surface area (TPSA) is 73.8 Å². The molecule has 0 aromatic heterocycles. The molecule has 1 heterocycles. The van der Waals surface area contributed by atoms with Crippen LogP contribution in [0, 0.1) is 0 Å². The van der Waals surface area contributed by atoms with Gasteiger partial charge in [0.15, 0.2) is 5.96 Å². The normalized spacial score (nSPS) is 18.0. The third kappa shape index (κ3) is 5.98. The summed E-state index contributed by atoms with van der Waals surface area (Å²) in [6.07, 6.45) is -4.21. The standard InChI is InChI=1S/C16H20F6N4O2S/c1-23-14(24-10-11-3-2-4-12(9-11)15(17,18)19)25-13-5-7-26(8-6-13)29(27,28)16(20,21)22/h2-4,9,13H,5-8,10H2,1H3,(H2,23,24,25). The largest absolute Gasteiger partial charge is 0.511 e. The molecular formula is C16H20F6N4O2S. The molecule has 1 aliphatic heterocycles. The molecule has 2 N–H and O–H groups in total. The van der Waals surface area contributed by atoms with E-state index in [2.05, 4.69) is 15.6 Å². The second-order valence-electron chi connectivity index (χ2n) is 6.39. The van der Waals surface area contributed by atoms with Crippen molar-refractivity contribution in [3.8, 4) is 0 Å². The van der Waals surface area contributed by atoms with Crippen molar-refractivity contribution in [1.29, 1.82) is 0 Å². The van der Waals surface area contributed by atoms with Crippen LogP contribution in [0.5, 0.6) is 0 Å². The lowest BCUT2D eigenvalue weighted by molar-refractivity contribution is -0.137. The minimum Gasteiger partial charge on any atom is -0.354 e. The molecule has 29 heavy (non-hydrogen) atoms. The molecule has 2 rings (SSSR count). The van der Waals surface area contributed by atoms with Gasteiger partial charge in [0.1, 0.15) is 0 Å². The Morgan fingerprint density at radius 2 is 1.79 bits per heavy atom. The highest BCUT2D eigenvalue weighted by Crippen LogP contribution is 2.30. The van der Waals surface area contributed by atoms with Gasteiger partial charge < -0.3 is 10.6 Å². The number of alkyl halides is 6. The summed E-state index contributed by atoms with van der Waals surface area (Å²) in [4.78, 5) is 3.94. The van der Waals surface area contributed by atoms with E-state index in [0.717, 1.165) is 12.1 Å². The molecule has 0 amide bonds. The molecule has 1 saturated heterocycles. The summed E-state index contributed by atoms with van der Waals surface area (Å²) in [5.74, 6) is 0.250. The molecule has 0 spiro atoms. The Balaban J connectivity index is 1.89. The lowest BCUT2D eigenvalue weighted by Gasteiger charge is -2.32. The Morgan fingerprint density at radius 3 is 2.31 bits per heavy atom. The van der Waals surface area contributed by atoms with Crippen molar-refractivity contribution in [3.63, 3.8) is 0 Å². The molecule has 1 aromatic carbocycles. The van der Waals surface area contributed by atoms with Crippen LogP contribution in [-0.2, 0) is 22.7 Å². The molecule has 1 aromatic rings. The van der Waals surface area contributed by atoms with E-state index < -0.39 is 27.3 Å². The Labute approximate surface area is 164 Å². The number of hydrogen-bond donors (Lipinski definition) is 2. The molecule has 0 bridgehead atoms. The van der Waals surface area contributed by atoms with Crippen LogP contribution in [0.15, 0.2) is 29.3 Å². The Morgan fingerprint density at radius 1 is 1.17 bits per heavy atom. The molecule has 0 radical (unpaired) electrons. The van der Waals surface area contributed by atoms with Gasteiger partial charge in [0.05, 0.1) is 5.56 Å². The van der Waals surface area contributed by atoms with Gasteiger partial charge >= 0.3 is 21.7 Å². The fourth-order valence-electron chi connectivity index (χ4n) is 2.82. The molecule has 0 saturated carbocycles. The van der Waals surface area contributed by atoms with Crippen molar-refractivity contribution in [2.45, 2.75) is 37.1 Å². The SMILES string of the molecule is CN=C(NCc1cccc(C(F)(F)F)c1)NC1CCN(S(=O)(=O)C(F)(F)F)CC1. The van der Waals surface area contributed by atoms with Gasteiger partial charge in [0.25, 0.3) is 0 Å². The van der Waals surface area contributed by atoms with Gasteiger partial charge in [-0.25, -0.2) is 8.42 Å². The highest BCUT2D eigenvalue weighted by Gasteiger charge is 2.50. The van der Waals surface area contributed by atoms with Gasteiger partial charge in [-0.3, -0.25) is 4.99 Å². The fraction of sp³-hybridized carbons (Fsp3) is 0.562. The smallest absolute Gasteiger partial charge is 0.354 e. The summed E-state index contributed by atoms with van der Waals surface area (Å²) in [5.41, 5.74) is -5.75. The number of benzene rings is 1. The van der Waals surface area contributed by atoms with Gasteiger partial charge in [-0.2, -0.15) is 30.6 Å². The minimum absolute atomic E-state index is 0.0465. The first-order valence-corrected chi connectivity index (χ1v) is 9.98. The van der Waals surface area contributed by atoms with Gasteiger partial charge in [-0.05, 0) is 30.5 Å². The first-order chi connectivity index (χ1) is 13.3. The number of hydrogen-bond acceptors (Lipinski definition) is 3. The summed E-state index contributed by atoms with van der Waals surface area (Å²) in [6.45, 7) is -0.556. The maximum atomic E-state index is 12.8. The van der Waals surface area contributed by atoms with E-state index in [9.17, 15) is 34.8 Å². The van der Waals surface area contributed by atoms with E-state index in [1.165, 1.54) is 19.2 Å². The highest BCUT2D eigenvalue weighted by atomic mass is 32.2. The maximum absolute atomic E-state index is 12.8. The van der Waals surface area contributed by atoms with Crippen molar-refractivity contribution in [2.24, 2.45) is 4.99 Å². The monoisotopic (exact) mass is 446 g/mol. The number of aliphatic imine (C=N–C) groups is 1. The quantitative estimate of drug-likeness (QED) is 0.424. The second-order valence-corrected chi connectivity index (χ2v) is 8.32. The van der Waals surface area contributed by atoms with E-state index >= 15 is 0 Å². The molecule has 0 atom stereocenters. The van der Waals surface area contributed by atoms with Gasteiger partial charge in [0, 0.05) is 32.7 Å². The number of sulfonamides is 1. The zero-order valence-corrected chi connectivity index (χ0v) is 16.1. The molecular weight excluding hydrogens is 426 g/mol. The number of piperidine rings is 1. The van der Waals surface area contributed by atoms with E-state index in [1.807, 2.05) is 0 Å². The van der Waals surface area contributed by atoms with E-state index in [4.69, 9.17) is 0 Å². The molecule has 1 fully saturated rings. The van der Waals surface area contributed by atoms with Crippen molar-refractivity contribution in [2.75, 3.05) is 20.1 Å². The lowest BCUT2D eigenvalue weighted by atomic mass is 10.1. The molecule has 6 nitrogen and oxygen atoms in total. The summed E-state index contributed by atoms with van der Waals surface area (Å²) in [6, 6.07) is 4.42. The first kappa shape index (κ1) is 23.3. The molecule has 0 unspecified atom stereocenters. The van der Waals surface area contributed by atoms with Crippen molar-refractivity contribution >= 4 is 16.0 Å². The highest BCUT2D eigenvalue weighted by molar-refractivity contribution is 7.90. The Bertz CT molecular complexity index is 831. The number of halogens is 6. The number of nitrogens with one attached hydrogen (secondary N) is 2. The Kier molecular flexibility index (Phi) is 7.04. The van der Waals surface area contributed by atoms with Crippen LogP contribution in [0.2, 0.25) is 0 Å². The predicted octanol–water partition coefficient (Wildman–Crippen LogP) is 2.68. The summed E-state index contributed by atoms with van der Waals surface area (Å²) in [5, 5.41) is 5.78. The third-order valence-electron chi connectivity index (χ3n) is 4.37. The molecule has 164 valence electrons. The summed E-state index contributed by atoms with van der Waals surface area (Å²) >= 11 is 0. The summed E-state index contributed by atoms with van der Waals surface area (Å²) < 4.78 is 99.3. The minimum atomic E-state index is -5.35. The predicted molar refractivity (Wildman–Crippen MR) is 94.3 cm³/mol. The first-order valence-electron chi connectivity index (χ1n) is 8.54. The average Bonchev–Trinajstić information content (AvgIpc) is 2.64. The fourth-order valence-corrected chi connectivity index (χ4v) is 3.80. The number of nitrogens with zero attached hydrogens (tertiary/aromatic N) is 2. The van der Waals surface area contributed by atoms with Gasteiger partial charge in [0.2, 0.25) is 0 Å². The van der Waals surface area contributed by atoms with Crippen LogP contribution in [-0.4, -0.2) is 50.4 Å². The van der Waals surface area contributed by atoms with Crippen LogP contribution in [0.25, 0.3) is 0 Å². The molecule has 0 aliphatic carbocycles. The summed E-state index contributed by atoms with van der Waals surface area (Å²) in [7, 11) is -3.92. The zero-order chi connectivity index (χ0) is 21.9. The number of rotatable bonds is 4. The van der Waals surface area contributed by atoms with Crippen LogP contribution >= 0.6 is 0 Å². The van der Waals surface area contributed by atoms with Gasteiger partial charge in [-0.15, -0.1) is 0 Å². The second kappa shape index (κ2) is 8.78. The van der Waals surface area contributed by atoms with Crippen molar-refractivity contribution < 1.29 is 34.8 Å². The van der Waals surface area contributed by atoms with Crippen LogP contribution in [0.3, 0.4) is 0 Å². The zero-order valence-electron chi connectivity index (χ0n) is 15.3. The number of guanidine groups is 1. The van der Waals surface area contributed by atoms with E-state index in [0.29, 0.717) is 9.87 Å². The van der Waals surface area contributed by atoms with E-state index in [1.54, 1.807) is 0 Å².